The van der Waals surface area contributed by atoms with Gasteiger partial charge in [0.05, 0.1) is 13.0 Å². The second kappa shape index (κ2) is 8.19. The van der Waals surface area contributed by atoms with E-state index in [2.05, 4.69) is 0 Å². The lowest BCUT2D eigenvalue weighted by Gasteiger charge is -2.27. The van der Waals surface area contributed by atoms with Gasteiger partial charge in [-0.2, -0.15) is 13.2 Å². The molecule has 0 aliphatic heterocycles. The number of hydrogen-bond acceptors (Lipinski definition) is 4. The lowest BCUT2D eigenvalue weighted by molar-refractivity contribution is -0.258. The average Bonchev–Trinajstić information content (AvgIpc) is 2.36. The van der Waals surface area contributed by atoms with Gasteiger partial charge < -0.3 is 15.6 Å². The summed E-state index contributed by atoms with van der Waals surface area (Å²) < 4.78 is 43.4. The zero-order valence-corrected chi connectivity index (χ0v) is 14.1. The summed E-state index contributed by atoms with van der Waals surface area (Å²) in [5, 5.41) is 9.69. The van der Waals surface area contributed by atoms with E-state index in [4.69, 9.17) is 22.1 Å². The van der Waals surface area contributed by atoms with Gasteiger partial charge in [-0.15, -0.1) is 12.4 Å². The topological polar surface area (TPSA) is 72.5 Å². The summed E-state index contributed by atoms with van der Waals surface area (Å²) in [6.45, 7) is 2.43. The van der Waals surface area contributed by atoms with Crippen molar-refractivity contribution in [2.75, 3.05) is 6.61 Å². The van der Waals surface area contributed by atoms with Crippen LogP contribution < -0.4 is 5.73 Å². The first-order valence-corrected chi connectivity index (χ1v) is 6.88. The number of halogens is 5. The van der Waals surface area contributed by atoms with Gasteiger partial charge in [0, 0.05) is 11.1 Å². The highest BCUT2D eigenvalue weighted by Gasteiger charge is 2.51. The molecule has 0 saturated heterocycles. The van der Waals surface area contributed by atoms with Gasteiger partial charge in [-0.25, -0.2) is 0 Å². The number of nitrogens with two attached hydrogens (primary N) is 1. The van der Waals surface area contributed by atoms with Crippen LogP contribution in [0.1, 0.15) is 37.4 Å². The second-order valence-electron chi connectivity index (χ2n) is 4.96. The largest absolute Gasteiger partial charge is 0.466 e. The van der Waals surface area contributed by atoms with Crippen molar-refractivity contribution in [1.29, 1.82) is 0 Å². The fourth-order valence-electron chi connectivity index (χ4n) is 1.79. The van der Waals surface area contributed by atoms with Crippen molar-refractivity contribution in [1.82, 2.24) is 0 Å². The Bertz CT molecular complexity index is 551. The minimum atomic E-state index is -4.87. The number of benzene rings is 1. The first kappa shape index (κ1) is 22.0. The number of carbonyl (C=O) groups is 1. The Morgan fingerprint density at radius 2 is 1.96 bits per heavy atom. The molecule has 0 aromatic heterocycles. The van der Waals surface area contributed by atoms with Gasteiger partial charge in [0.25, 0.3) is 0 Å². The number of carbonyl (C=O) groups excluding carboxylic acids is 1. The Morgan fingerprint density at radius 1 is 1.39 bits per heavy atom. The van der Waals surface area contributed by atoms with Gasteiger partial charge in [-0.1, -0.05) is 17.7 Å². The van der Waals surface area contributed by atoms with E-state index in [1.165, 1.54) is 6.07 Å². The van der Waals surface area contributed by atoms with Gasteiger partial charge >= 0.3 is 12.1 Å². The molecule has 23 heavy (non-hydrogen) atoms. The molecule has 0 amide bonds. The maximum Gasteiger partial charge on any atom is 0.421 e. The highest BCUT2D eigenvalue weighted by molar-refractivity contribution is 6.30. The smallest absolute Gasteiger partial charge is 0.421 e. The highest BCUT2D eigenvalue weighted by atomic mass is 35.5. The van der Waals surface area contributed by atoms with E-state index in [0.717, 1.165) is 12.1 Å². The number of hydrogen-bond donors (Lipinski definition) is 2. The molecule has 0 aliphatic rings. The molecule has 0 spiro atoms. The summed E-state index contributed by atoms with van der Waals surface area (Å²) >= 11 is 5.80. The summed E-state index contributed by atoms with van der Waals surface area (Å²) in [7, 11) is 0. The summed E-state index contributed by atoms with van der Waals surface area (Å²) in [6, 6.07) is 2.56. The maximum atomic E-state index is 12.9. The molecule has 0 aliphatic carbocycles. The number of ether oxygens (including phenoxy) is 1. The lowest BCUT2D eigenvalue weighted by Crippen LogP contribution is -2.39. The van der Waals surface area contributed by atoms with Crippen molar-refractivity contribution in [3.63, 3.8) is 0 Å². The van der Waals surface area contributed by atoms with E-state index in [1.807, 2.05) is 0 Å². The summed E-state index contributed by atoms with van der Waals surface area (Å²) in [6.07, 6.45) is -5.08. The van der Waals surface area contributed by atoms with E-state index < -0.39 is 29.4 Å². The Balaban J connectivity index is 0.00000484. The SMILES string of the molecule is CCOC(=O)C[C@H](N)c1cc(Cl)cc(C(C)(O)C(F)(F)F)c1.Cl. The Hall–Kier alpha value is -1.02. The van der Waals surface area contributed by atoms with Crippen LogP contribution in [0, 0.1) is 0 Å². The van der Waals surface area contributed by atoms with Crippen LogP contribution in [0.15, 0.2) is 18.2 Å². The molecule has 0 saturated carbocycles. The fraction of sp³-hybridized carbons (Fsp3) is 0.500. The van der Waals surface area contributed by atoms with Crippen LogP contribution in [0.3, 0.4) is 0 Å². The van der Waals surface area contributed by atoms with Crippen LogP contribution in [0.2, 0.25) is 5.02 Å². The number of aliphatic hydroxyl groups is 1. The minimum Gasteiger partial charge on any atom is -0.466 e. The molecule has 0 radical (unpaired) electrons. The predicted molar refractivity (Wildman–Crippen MR) is 82.5 cm³/mol. The standard InChI is InChI=1S/C14H17ClF3NO3.ClH/c1-3-22-12(20)7-11(19)8-4-9(6-10(15)5-8)13(2,21)14(16,17)18;/h4-6,11,21H,3,7,19H2,1-2H3;1H/t11-,13?;/m0./s1. The van der Waals surface area contributed by atoms with Gasteiger partial charge in [-0.3, -0.25) is 4.79 Å². The zero-order chi connectivity index (χ0) is 17.1. The van der Waals surface area contributed by atoms with Crippen molar-refractivity contribution in [3.8, 4) is 0 Å². The summed E-state index contributed by atoms with van der Waals surface area (Å²) in [5.41, 5.74) is 2.49. The molecule has 4 nitrogen and oxygen atoms in total. The van der Waals surface area contributed by atoms with Crippen LogP contribution in [-0.4, -0.2) is 23.9 Å². The normalized spacial score (nSPS) is 15.3. The molecule has 1 aromatic rings. The van der Waals surface area contributed by atoms with Crippen LogP contribution in [0.5, 0.6) is 0 Å². The van der Waals surface area contributed by atoms with E-state index in [9.17, 15) is 23.1 Å². The number of alkyl halides is 3. The molecule has 9 heteroatoms. The minimum absolute atomic E-state index is 0. The van der Waals surface area contributed by atoms with Gasteiger partial charge in [-0.05, 0) is 37.1 Å². The summed E-state index contributed by atoms with van der Waals surface area (Å²) in [4.78, 5) is 11.4. The molecule has 1 unspecified atom stereocenters. The van der Waals surface area contributed by atoms with Crippen LogP contribution in [0.4, 0.5) is 13.2 Å². The first-order chi connectivity index (χ1) is 9.99. The van der Waals surface area contributed by atoms with Crippen molar-refractivity contribution < 1.29 is 27.8 Å². The van der Waals surface area contributed by atoms with Crippen molar-refractivity contribution in [3.05, 3.63) is 34.3 Å². The molecular formula is C14H18Cl2F3NO3. The third-order valence-corrected chi connectivity index (χ3v) is 3.37. The Kier molecular flexibility index (Phi) is 7.83. The van der Waals surface area contributed by atoms with Crippen LogP contribution in [0.25, 0.3) is 0 Å². The van der Waals surface area contributed by atoms with E-state index in [0.29, 0.717) is 6.92 Å². The van der Waals surface area contributed by atoms with Crippen LogP contribution >= 0.6 is 24.0 Å². The van der Waals surface area contributed by atoms with E-state index in [-0.39, 0.29) is 36.0 Å². The zero-order valence-electron chi connectivity index (χ0n) is 12.5. The highest BCUT2D eigenvalue weighted by Crippen LogP contribution is 2.40. The predicted octanol–water partition coefficient (Wildman–Crippen LogP) is 3.48. The quantitative estimate of drug-likeness (QED) is 0.772. The van der Waals surface area contributed by atoms with Gasteiger partial charge in [0.15, 0.2) is 5.60 Å². The molecular weight excluding hydrogens is 358 g/mol. The van der Waals surface area contributed by atoms with Crippen LogP contribution in [-0.2, 0) is 15.1 Å². The molecule has 0 fully saturated rings. The molecule has 1 rings (SSSR count). The Labute approximate surface area is 143 Å². The molecule has 0 heterocycles. The molecule has 132 valence electrons. The molecule has 0 bridgehead atoms. The molecule has 2 atom stereocenters. The number of rotatable bonds is 5. The molecule has 3 N–H and O–H groups in total. The second-order valence-corrected chi connectivity index (χ2v) is 5.40. The molecule has 1 aromatic carbocycles. The van der Waals surface area contributed by atoms with Crippen molar-refractivity contribution in [2.24, 2.45) is 5.73 Å². The van der Waals surface area contributed by atoms with E-state index >= 15 is 0 Å². The third kappa shape index (κ3) is 5.53. The van der Waals surface area contributed by atoms with Crippen molar-refractivity contribution in [2.45, 2.75) is 38.1 Å². The monoisotopic (exact) mass is 375 g/mol. The Morgan fingerprint density at radius 3 is 2.43 bits per heavy atom. The van der Waals surface area contributed by atoms with Crippen molar-refractivity contribution >= 4 is 30.0 Å². The third-order valence-electron chi connectivity index (χ3n) is 3.15. The average molecular weight is 376 g/mol. The summed E-state index contributed by atoms with van der Waals surface area (Å²) in [5.74, 6) is -0.570. The lowest BCUT2D eigenvalue weighted by atomic mass is 9.91. The fourth-order valence-corrected chi connectivity index (χ4v) is 2.03. The maximum absolute atomic E-state index is 12.9. The van der Waals surface area contributed by atoms with Gasteiger partial charge in [0.2, 0.25) is 0 Å². The van der Waals surface area contributed by atoms with E-state index in [1.54, 1.807) is 6.92 Å². The number of esters is 1. The first-order valence-electron chi connectivity index (χ1n) is 6.50. The van der Waals surface area contributed by atoms with Gasteiger partial charge in [0.1, 0.15) is 0 Å².